The Morgan fingerprint density at radius 3 is 2.45 bits per heavy atom. The largest absolute Gasteiger partial charge is 0.490 e. The summed E-state index contributed by atoms with van der Waals surface area (Å²) in [6.07, 6.45) is -1.97. The summed E-state index contributed by atoms with van der Waals surface area (Å²) in [5.74, 6) is 1.66. The molecule has 0 aliphatic carbocycles. The molecule has 0 radical (unpaired) electrons. The van der Waals surface area contributed by atoms with Crippen molar-refractivity contribution in [2.75, 3.05) is 20.2 Å². The Morgan fingerprint density at radius 1 is 1.10 bits per heavy atom. The van der Waals surface area contributed by atoms with E-state index in [1.807, 2.05) is 26.0 Å². The summed E-state index contributed by atoms with van der Waals surface area (Å²) in [6, 6.07) is 10.4. The molecule has 0 fully saturated rings. The number of amides is 1. The van der Waals surface area contributed by atoms with Crippen LogP contribution in [0.4, 0.5) is 0 Å². The molecule has 9 nitrogen and oxygen atoms in total. The fraction of sp³-hybridized carbons (Fsp3) is 0.516. The second kappa shape index (κ2) is 13.9. The smallest absolute Gasteiger partial charge is 0.258 e. The van der Waals surface area contributed by atoms with Gasteiger partial charge in [-0.15, -0.1) is 0 Å². The van der Waals surface area contributed by atoms with Gasteiger partial charge in [-0.25, -0.2) is 0 Å². The number of aromatic nitrogens is 2. The van der Waals surface area contributed by atoms with Gasteiger partial charge in [0.2, 0.25) is 11.7 Å². The van der Waals surface area contributed by atoms with E-state index >= 15 is 0 Å². The van der Waals surface area contributed by atoms with E-state index in [1.165, 1.54) is 11.1 Å². The van der Waals surface area contributed by atoms with Crippen molar-refractivity contribution >= 4 is 5.91 Å². The molecule has 0 saturated carbocycles. The highest BCUT2D eigenvalue weighted by Gasteiger charge is 2.20. The second-order valence-electron chi connectivity index (χ2n) is 11.4. The molecule has 40 heavy (non-hydrogen) atoms. The lowest BCUT2D eigenvalue weighted by atomic mass is 9.97. The maximum absolute atomic E-state index is 11.1. The lowest BCUT2D eigenvalue weighted by Gasteiger charge is -2.20. The van der Waals surface area contributed by atoms with Gasteiger partial charge >= 0.3 is 0 Å². The molecule has 2 aromatic carbocycles. The number of carbonyl (C=O) groups is 1. The number of aryl methyl sites for hydroxylation is 2. The number of nitrogens with two attached hydrogens (primary N) is 1. The Hall–Kier alpha value is -3.27. The predicted octanol–water partition coefficient (Wildman–Crippen LogP) is 4.46. The fourth-order valence-corrected chi connectivity index (χ4v) is 4.79. The van der Waals surface area contributed by atoms with Crippen molar-refractivity contribution in [2.24, 2.45) is 11.7 Å². The zero-order valence-corrected chi connectivity index (χ0v) is 24.8. The summed E-state index contributed by atoms with van der Waals surface area (Å²) in [4.78, 5) is 18.1. The molecule has 1 unspecified atom stereocenters. The monoisotopic (exact) mass is 552 g/mol. The first kappa shape index (κ1) is 31.3. The van der Waals surface area contributed by atoms with Gasteiger partial charge in [0.25, 0.3) is 5.89 Å². The molecule has 4 N–H and O–H groups in total. The van der Waals surface area contributed by atoms with Crippen LogP contribution in [0.25, 0.3) is 22.8 Å². The van der Waals surface area contributed by atoms with E-state index in [2.05, 4.69) is 63.0 Å². The first-order valence-corrected chi connectivity index (χ1v) is 14.0. The minimum atomic E-state index is -1.42. The Labute approximate surface area is 237 Å². The van der Waals surface area contributed by atoms with Crippen LogP contribution in [-0.4, -0.2) is 63.6 Å². The Bertz CT molecular complexity index is 1290. The van der Waals surface area contributed by atoms with Gasteiger partial charge in [-0.1, -0.05) is 45.8 Å². The summed E-state index contributed by atoms with van der Waals surface area (Å²) >= 11 is 0. The number of primary amides is 1. The molecule has 3 rings (SSSR count). The number of aliphatic hydroxyl groups is 2. The number of rotatable bonds is 14. The minimum Gasteiger partial charge on any atom is -0.490 e. The Morgan fingerprint density at radius 2 is 1.82 bits per heavy atom. The van der Waals surface area contributed by atoms with Crippen LogP contribution in [0.5, 0.6) is 5.75 Å². The summed E-state index contributed by atoms with van der Waals surface area (Å²) in [5.41, 5.74) is 11.0. The number of aliphatic hydroxyl groups excluding tert-OH is 2. The topological polar surface area (TPSA) is 135 Å². The van der Waals surface area contributed by atoms with Crippen molar-refractivity contribution in [3.63, 3.8) is 0 Å². The molecular weight excluding hydrogens is 508 g/mol. The highest BCUT2D eigenvalue weighted by Crippen LogP contribution is 2.32. The normalized spacial score (nSPS) is 13.3. The predicted molar refractivity (Wildman–Crippen MR) is 156 cm³/mol. The van der Waals surface area contributed by atoms with Crippen molar-refractivity contribution in [3.8, 4) is 28.6 Å². The van der Waals surface area contributed by atoms with Gasteiger partial charge in [0.15, 0.2) is 0 Å². The summed E-state index contributed by atoms with van der Waals surface area (Å²) in [7, 11) is 2.14. The molecule has 0 saturated heterocycles. The zero-order valence-electron chi connectivity index (χ0n) is 24.8. The van der Waals surface area contributed by atoms with Crippen LogP contribution >= 0.6 is 0 Å². The van der Waals surface area contributed by atoms with Gasteiger partial charge in [0.05, 0.1) is 6.10 Å². The average molecular weight is 553 g/mol. The van der Waals surface area contributed by atoms with Gasteiger partial charge in [-0.2, -0.15) is 4.98 Å². The molecule has 9 heteroatoms. The Balaban J connectivity index is 1.85. The van der Waals surface area contributed by atoms with Gasteiger partial charge in [0, 0.05) is 30.6 Å². The third-order valence-corrected chi connectivity index (χ3v) is 6.72. The van der Waals surface area contributed by atoms with E-state index in [0.717, 1.165) is 35.3 Å². The molecule has 2 atom stereocenters. The second-order valence-corrected chi connectivity index (χ2v) is 11.4. The van der Waals surface area contributed by atoms with Crippen LogP contribution in [0.15, 0.2) is 34.9 Å². The number of carbonyl (C=O) groups excluding carboxylic acids is 1. The van der Waals surface area contributed by atoms with Gasteiger partial charge in [-0.3, -0.25) is 4.79 Å². The van der Waals surface area contributed by atoms with Crippen molar-refractivity contribution < 1.29 is 24.3 Å². The fourth-order valence-electron chi connectivity index (χ4n) is 4.79. The van der Waals surface area contributed by atoms with E-state index in [9.17, 15) is 15.0 Å². The number of hydrogen-bond donors (Lipinski definition) is 3. The molecule has 3 aromatic rings. The Kier molecular flexibility index (Phi) is 10.8. The molecule has 0 aliphatic rings. The molecule has 1 amide bonds. The van der Waals surface area contributed by atoms with E-state index < -0.39 is 18.1 Å². The molecule has 0 spiro atoms. The lowest BCUT2D eigenvalue weighted by Crippen LogP contribution is -2.33. The maximum Gasteiger partial charge on any atom is 0.258 e. The SMILES string of the molecule is CCc1cc(-c2noc(-c3cc(CN(C)CC(C)C)cc(C(C)C)c3)n2)cc(C)c1OC[C@@H](O)CC(O)C(N)=O. The zero-order chi connectivity index (χ0) is 29.6. The maximum atomic E-state index is 11.1. The highest BCUT2D eigenvalue weighted by molar-refractivity contribution is 5.78. The molecule has 1 heterocycles. The minimum absolute atomic E-state index is 0.0786. The number of benzene rings is 2. The van der Waals surface area contributed by atoms with Crippen LogP contribution < -0.4 is 10.5 Å². The lowest BCUT2D eigenvalue weighted by molar-refractivity contribution is -0.127. The van der Waals surface area contributed by atoms with Crippen LogP contribution in [0.1, 0.15) is 69.2 Å². The van der Waals surface area contributed by atoms with E-state index in [-0.39, 0.29) is 13.0 Å². The van der Waals surface area contributed by atoms with Crippen molar-refractivity contribution in [1.82, 2.24) is 15.0 Å². The molecule has 0 aliphatic heterocycles. The van der Waals surface area contributed by atoms with E-state index in [4.69, 9.17) is 20.0 Å². The summed E-state index contributed by atoms with van der Waals surface area (Å²) < 4.78 is 11.6. The number of hydrogen-bond acceptors (Lipinski definition) is 8. The average Bonchev–Trinajstić information content (AvgIpc) is 3.37. The highest BCUT2D eigenvalue weighted by atomic mass is 16.5. The van der Waals surface area contributed by atoms with Gasteiger partial charge < -0.3 is 30.1 Å². The first-order chi connectivity index (χ1) is 18.9. The third kappa shape index (κ3) is 8.36. The van der Waals surface area contributed by atoms with Gasteiger partial charge in [-0.05, 0) is 78.7 Å². The van der Waals surface area contributed by atoms with Crippen LogP contribution in [0, 0.1) is 12.8 Å². The van der Waals surface area contributed by atoms with Crippen LogP contribution in [0.3, 0.4) is 0 Å². The summed E-state index contributed by atoms with van der Waals surface area (Å²) in [5, 5.41) is 24.1. The summed E-state index contributed by atoms with van der Waals surface area (Å²) in [6.45, 7) is 14.5. The molecule has 1 aromatic heterocycles. The molecule has 218 valence electrons. The van der Waals surface area contributed by atoms with Crippen molar-refractivity contribution in [1.29, 1.82) is 0 Å². The quantitative estimate of drug-likeness (QED) is 0.267. The van der Waals surface area contributed by atoms with Gasteiger partial charge in [0.1, 0.15) is 18.5 Å². The van der Waals surface area contributed by atoms with Crippen molar-refractivity contribution in [2.45, 2.75) is 79.1 Å². The van der Waals surface area contributed by atoms with Crippen molar-refractivity contribution in [3.05, 3.63) is 52.6 Å². The standard InChI is InChI=1S/C31H44N4O5/c1-8-22-12-24(9-20(6)28(22)39-17-26(36)14-27(37)29(32)38)30-33-31(40-34-30)25-11-21(10-23(13-25)19(4)5)16-35(7)15-18(2)3/h9-13,18-19,26-27,36-37H,8,14-17H2,1-7H3,(H2,32,38)/t26-,27?/m0/s1. The van der Waals surface area contributed by atoms with E-state index in [1.54, 1.807) is 0 Å². The van der Waals surface area contributed by atoms with E-state index in [0.29, 0.717) is 35.7 Å². The first-order valence-electron chi connectivity index (χ1n) is 14.0. The molecular formula is C31H44N4O5. The molecule has 0 bridgehead atoms. The number of ether oxygens (including phenoxy) is 1. The van der Waals surface area contributed by atoms with Crippen LogP contribution in [-0.2, 0) is 17.8 Å². The van der Waals surface area contributed by atoms with Crippen LogP contribution in [0.2, 0.25) is 0 Å². The number of nitrogens with zero attached hydrogens (tertiary/aromatic N) is 3. The third-order valence-electron chi connectivity index (χ3n) is 6.72.